The van der Waals surface area contributed by atoms with E-state index in [4.69, 9.17) is 0 Å². The molecule has 1 aliphatic heterocycles. The highest BCUT2D eigenvalue weighted by molar-refractivity contribution is 9.14. The normalized spacial score (nSPS) is 36.4. The fourth-order valence-corrected chi connectivity index (χ4v) is 47.6. The van der Waals surface area contributed by atoms with E-state index >= 15 is 0 Å². The molecule has 2 unspecified atom stereocenters. The lowest BCUT2D eigenvalue weighted by Crippen LogP contribution is -2.13. The Morgan fingerprint density at radius 1 is 0.625 bits per heavy atom. The Labute approximate surface area is 106 Å². The second-order valence-corrected chi connectivity index (χ2v) is 27.5. The van der Waals surface area contributed by atoms with Crippen molar-refractivity contribution in [3.05, 3.63) is 0 Å². The minimum absolute atomic E-state index is 0.299. The van der Waals surface area contributed by atoms with E-state index < -0.39 is 6.64 Å². The third-order valence-corrected chi connectivity index (χ3v) is 35.9. The van der Waals surface area contributed by atoms with Crippen LogP contribution in [-0.4, -0.2) is 22.1 Å². The standard InChI is InChI=1S/C13H30P3/c1-11(2,3)14-15(12(4,5)6)16(14,10)13(7,8)9/h1-10H3/q+1. The average molecular weight is 279 g/mol. The van der Waals surface area contributed by atoms with Gasteiger partial charge in [-0.15, -0.1) is 0 Å². The van der Waals surface area contributed by atoms with E-state index in [-0.39, 0.29) is 0 Å². The first kappa shape index (κ1) is 15.3. The van der Waals surface area contributed by atoms with Gasteiger partial charge >= 0.3 is 0 Å². The van der Waals surface area contributed by atoms with Crippen molar-refractivity contribution in [2.75, 3.05) is 6.66 Å². The molecule has 0 saturated carbocycles. The summed E-state index contributed by atoms with van der Waals surface area (Å²) in [4.78, 5) is 0. The van der Waals surface area contributed by atoms with Gasteiger partial charge < -0.3 is 0 Å². The van der Waals surface area contributed by atoms with Crippen LogP contribution in [0.4, 0.5) is 0 Å². The molecule has 16 heavy (non-hydrogen) atoms. The van der Waals surface area contributed by atoms with Crippen molar-refractivity contribution >= 4 is 21.2 Å². The summed E-state index contributed by atoms with van der Waals surface area (Å²) in [5.41, 5.74) is 0. The van der Waals surface area contributed by atoms with Crippen LogP contribution in [0.15, 0.2) is 0 Å². The van der Waals surface area contributed by atoms with Crippen molar-refractivity contribution in [2.24, 2.45) is 0 Å². The Kier molecular flexibility index (Phi) is 3.73. The van der Waals surface area contributed by atoms with Gasteiger partial charge in [0.25, 0.3) is 0 Å². The molecule has 3 heteroatoms. The second-order valence-electron chi connectivity index (χ2n) is 8.00. The van der Waals surface area contributed by atoms with Gasteiger partial charge in [-0.05, 0) is 20.8 Å². The predicted molar refractivity (Wildman–Crippen MR) is 85.9 cm³/mol. The molecule has 0 nitrogen and oxygen atoms in total. The van der Waals surface area contributed by atoms with Gasteiger partial charge in [-0.1, -0.05) is 41.5 Å². The molecule has 0 aromatic carbocycles. The smallest absolute Gasteiger partial charge is 0.0523 e. The molecule has 0 amide bonds. The first-order valence-electron chi connectivity index (χ1n) is 6.22. The molecule has 0 radical (unpaired) electrons. The van der Waals surface area contributed by atoms with Crippen LogP contribution in [0.1, 0.15) is 62.3 Å². The Bertz CT molecular complexity index is 255. The summed E-state index contributed by atoms with van der Waals surface area (Å²) >= 11 is 0. The maximum atomic E-state index is 2.68. The van der Waals surface area contributed by atoms with Gasteiger partial charge in [-0.2, -0.15) is 0 Å². The van der Waals surface area contributed by atoms with Crippen LogP contribution in [0.2, 0.25) is 0 Å². The van der Waals surface area contributed by atoms with Crippen LogP contribution in [0.3, 0.4) is 0 Å². The van der Waals surface area contributed by atoms with E-state index in [1.807, 2.05) is 0 Å². The number of rotatable bonds is 0. The van der Waals surface area contributed by atoms with Gasteiger partial charge in [0.2, 0.25) is 0 Å². The zero-order valence-electron chi connectivity index (χ0n) is 12.8. The van der Waals surface area contributed by atoms with Gasteiger partial charge in [-0.3, -0.25) is 0 Å². The predicted octanol–water partition coefficient (Wildman–Crippen LogP) is 6.75. The molecular formula is C13H30P3+. The minimum Gasteiger partial charge on any atom is -0.0523 e. The van der Waals surface area contributed by atoms with Gasteiger partial charge in [0.1, 0.15) is 14.6 Å². The zero-order chi connectivity index (χ0) is 13.2. The second kappa shape index (κ2) is 3.89. The van der Waals surface area contributed by atoms with Crippen LogP contribution < -0.4 is 0 Å². The molecule has 2 atom stereocenters. The highest BCUT2D eigenvalue weighted by Crippen LogP contribution is 3.35. The summed E-state index contributed by atoms with van der Waals surface area (Å²) in [7, 11) is 0.599. The molecule has 1 saturated heterocycles. The van der Waals surface area contributed by atoms with Crippen molar-refractivity contribution in [1.82, 2.24) is 0 Å². The molecule has 0 N–H and O–H groups in total. The fourth-order valence-electron chi connectivity index (χ4n) is 2.56. The third-order valence-electron chi connectivity index (χ3n) is 3.36. The molecule has 0 spiro atoms. The Hall–Kier alpha value is 1.29. The Balaban J connectivity index is 3.13. The van der Waals surface area contributed by atoms with E-state index in [1.165, 1.54) is 0 Å². The van der Waals surface area contributed by atoms with E-state index in [0.717, 1.165) is 0 Å². The van der Waals surface area contributed by atoms with E-state index in [9.17, 15) is 0 Å². The molecule has 1 heterocycles. The van der Waals surface area contributed by atoms with Crippen LogP contribution >= 0.6 is 21.2 Å². The first-order valence-corrected chi connectivity index (χ1v) is 13.3. The van der Waals surface area contributed by atoms with Crippen molar-refractivity contribution in [3.63, 3.8) is 0 Å². The fraction of sp³-hybridized carbons (Fsp3) is 1.00. The molecule has 0 aliphatic carbocycles. The Morgan fingerprint density at radius 2 is 0.875 bits per heavy atom. The molecule has 1 fully saturated rings. The SMILES string of the molecule is CC(C)(C)P1P(C(C)(C)C)[P+]1(C)C(C)(C)C. The maximum absolute atomic E-state index is 2.68. The monoisotopic (exact) mass is 279 g/mol. The topological polar surface area (TPSA) is 0 Å². The maximum Gasteiger partial charge on any atom is 0.129 e. The molecule has 1 rings (SSSR count). The molecule has 0 aromatic heterocycles. The summed E-state index contributed by atoms with van der Waals surface area (Å²) in [5.74, 6) is 0. The van der Waals surface area contributed by atoms with Crippen molar-refractivity contribution in [1.29, 1.82) is 0 Å². The average Bonchev–Trinajstić information content (AvgIpc) is 2.53. The molecule has 0 aromatic rings. The summed E-state index contributed by atoms with van der Waals surface area (Å²) in [6.07, 6.45) is 0. The van der Waals surface area contributed by atoms with Crippen LogP contribution in [0, 0.1) is 0 Å². The first-order chi connectivity index (χ1) is 6.74. The van der Waals surface area contributed by atoms with E-state index in [1.54, 1.807) is 0 Å². The lowest BCUT2D eigenvalue weighted by atomic mass is 10.3. The van der Waals surface area contributed by atoms with Crippen molar-refractivity contribution in [3.8, 4) is 0 Å². The Morgan fingerprint density at radius 3 is 0.938 bits per heavy atom. The third kappa shape index (κ3) is 2.37. The zero-order valence-corrected chi connectivity index (χ0v) is 15.5. The lowest BCUT2D eigenvalue weighted by Gasteiger charge is -2.25. The van der Waals surface area contributed by atoms with E-state index in [2.05, 4.69) is 69.0 Å². The minimum atomic E-state index is -0.683. The van der Waals surface area contributed by atoms with Gasteiger partial charge in [0.05, 0.1) is 18.5 Å². The number of hydrogen-bond acceptors (Lipinski definition) is 0. The quantitative estimate of drug-likeness (QED) is 0.430. The van der Waals surface area contributed by atoms with Gasteiger partial charge in [-0.25, -0.2) is 0 Å². The summed E-state index contributed by atoms with van der Waals surface area (Å²) in [6.45, 7) is 24.4. The van der Waals surface area contributed by atoms with Crippen LogP contribution in [0.25, 0.3) is 0 Å². The summed E-state index contributed by atoms with van der Waals surface area (Å²) in [5, 5.41) is 1.72. The lowest BCUT2D eigenvalue weighted by molar-refractivity contribution is 0.781. The molecule has 96 valence electrons. The molecular weight excluding hydrogens is 249 g/mol. The summed E-state index contributed by atoms with van der Waals surface area (Å²) in [6, 6.07) is 0. The van der Waals surface area contributed by atoms with Crippen molar-refractivity contribution < 1.29 is 0 Å². The highest BCUT2D eigenvalue weighted by Gasteiger charge is 2.82. The molecule has 1 aliphatic rings. The van der Waals surface area contributed by atoms with E-state index in [0.29, 0.717) is 30.1 Å². The largest absolute Gasteiger partial charge is 0.129 e. The highest BCUT2D eigenvalue weighted by atomic mass is 33.0. The van der Waals surface area contributed by atoms with Gasteiger partial charge in [0.15, 0.2) is 0 Å². The van der Waals surface area contributed by atoms with Gasteiger partial charge in [0, 0.05) is 10.3 Å². The molecule has 0 bridgehead atoms. The summed E-state index contributed by atoms with van der Waals surface area (Å²) < 4.78 is 0. The number of hydrogen-bond donors (Lipinski definition) is 0. The van der Waals surface area contributed by atoms with Crippen LogP contribution in [0.5, 0.6) is 0 Å². The van der Waals surface area contributed by atoms with Crippen LogP contribution in [-0.2, 0) is 0 Å². The van der Waals surface area contributed by atoms with Crippen molar-refractivity contribution in [2.45, 2.75) is 77.8 Å².